The van der Waals surface area contributed by atoms with Crippen molar-refractivity contribution in [3.05, 3.63) is 75.5 Å². The minimum absolute atomic E-state index is 0.0519. The number of hydrogen-bond donors (Lipinski definition) is 1. The Kier molecular flexibility index (Phi) is 5.69. The molecule has 8 nitrogen and oxygen atoms in total. The third-order valence-electron chi connectivity index (χ3n) is 4.73. The van der Waals surface area contributed by atoms with Crippen LogP contribution in [-0.2, 0) is 4.74 Å². The van der Waals surface area contributed by atoms with Crippen LogP contribution in [0.15, 0.2) is 59.0 Å². The minimum atomic E-state index is -0.480. The quantitative estimate of drug-likeness (QED) is 0.472. The van der Waals surface area contributed by atoms with Crippen LogP contribution >= 0.6 is 11.6 Å². The summed E-state index contributed by atoms with van der Waals surface area (Å²) in [6.45, 7) is 2.64. The molecule has 0 spiro atoms. The lowest BCUT2D eigenvalue weighted by molar-refractivity contribution is -0.384. The summed E-state index contributed by atoms with van der Waals surface area (Å²) in [4.78, 5) is 25.4. The standard InChI is InChI=1S/C21H18ClN3O5/c22-15-4-5-18(24-8-10-29-11-9-24)17(13-15)23-21(26)20-7-6-19(30-20)14-2-1-3-16(12-14)25(27)28/h1-7,12-13H,8-11H2,(H,23,26). The Bertz CT molecular complexity index is 1090. The van der Waals surface area contributed by atoms with Crippen LogP contribution in [0.1, 0.15) is 10.6 Å². The molecule has 0 saturated carbocycles. The van der Waals surface area contributed by atoms with E-state index in [0.29, 0.717) is 48.3 Å². The van der Waals surface area contributed by atoms with Crippen molar-refractivity contribution in [1.29, 1.82) is 0 Å². The van der Waals surface area contributed by atoms with Crippen LogP contribution in [0.5, 0.6) is 0 Å². The van der Waals surface area contributed by atoms with Gasteiger partial charge in [-0.25, -0.2) is 0 Å². The molecular formula is C21H18ClN3O5. The van der Waals surface area contributed by atoms with E-state index in [-0.39, 0.29) is 11.4 Å². The lowest BCUT2D eigenvalue weighted by atomic mass is 10.1. The van der Waals surface area contributed by atoms with E-state index >= 15 is 0 Å². The Morgan fingerprint density at radius 3 is 2.67 bits per heavy atom. The van der Waals surface area contributed by atoms with Crippen LogP contribution in [-0.4, -0.2) is 37.1 Å². The first-order valence-corrected chi connectivity index (χ1v) is 9.67. The molecule has 9 heteroatoms. The highest BCUT2D eigenvalue weighted by molar-refractivity contribution is 6.31. The molecule has 1 saturated heterocycles. The van der Waals surface area contributed by atoms with Crippen LogP contribution in [0, 0.1) is 10.1 Å². The van der Waals surface area contributed by atoms with E-state index in [4.69, 9.17) is 20.8 Å². The molecule has 1 aliphatic heterocycles. The minimum Gasteiger partial charge on any atom is -0.451 e. The highest BCUT2D eigenvalue weighted by Gasteiger charge is 2.19. The van der Waals surface area contributed by atoms with E-state index < -0.39 is 10.8 Å². The van der Waals surface area contributed by atoms with Crippen molar-refractivity contribution in [3.63, 3.8) is 0 Å². The maximum absolute atomic E-state index is 12.8. The lowest BCUT2D eigenvalue weighted by Crippen LogP contribution is -2.36. The van der Waals surface area contributed by atoms with Crippen molar-refractivity contribution < 1.29 is 18.9 Å². The second-order valence-electron chi connectivity index (χ2n) is 6.69. The summed E-state index contributed by atoms with van der Waals surface area (Å²) in [7, 11) is 0. The summed E-state index contributed by atoms with van der Waals surface area (Å²) in [5.41, 5.74) is 1.88. The maximum Gasteiger partial charge on any atom is 0.291 e. The van der Waals surface area contributed by atoms with Gasteiger partial charge in [0.25, 0.3) is 11.6 Å². The van der Waals surface area contributed by atoms with Crippen molar-refractivity contribution in [3.8, 4) is 11.3 Å². The van der Waals surface area contributed by atoms with Gasteiger partial charge in [-0.3, -0.25) is 14.9 Å². The predicted molar refractivity (Wildman–Crippen MR) is 113 cm³/mol. The van der Waals surface area contributed by atoms with Crippen molar-refractivity contribution in [1.82, 2.24) is 0 Å². The normalized spacial score (nSPS) is 13.8. The number of nitro groups is 1. The van der Waals surface area contributed by atoms with E-state index in [1.54, 1.807) is 30.3 Å². The lowest BCUT2D eigenvalue weighted by Gasteiger charge is -2.30. The van der Waals surface area contributed by atoms with E-state index in [2.05, 4.69) is 10.2 Å². The number of morpholine rings is 1. The van der Waals surface area contributed by atoms with Crippen LogP contribution < -0.4 is 10.2 Å². The van der Waals surface area contributed by atoms with Gasteiger partial charge in [-0.2, -0.15) is 0 Å². The monoisotopic (exact) mass is 427 g/mol. The number of nitro benzene ring substituents is 1. The molecule has 0 unspecified atom stereocenters. The molecule has 0 radical (unpaired) electrons. The SMILES string of the molecule is O=C(Nc1cc(Cl)ccc1N1CCOCC1)c1ccc(-c2cccc([N+](=O)[O-])c2)o1. The van der Waals surface area contributed by atoms with Crippen molar-refractivity contribution in [2.24, 2.45) is 0 Å². The van der Waals surface area contributed by atoms with E-state index in [0.717, 1.165) is 5.69 Å². The summed E-state index contributed by atoms with van der Waals surface area (Å²) in [6.07, 6.45) is 0. The van der Waals surface area contributed by atoms with Crippen LogP contribution in [0.4, 0.5) is 17.1 Å². The highest BCUT2D eigenvalue weighted by atomic mass is 35.5. The Balaban J connectivity index is 1.56. The van der Waals surface area contributed by atoms with Crippen LogP contribution in [0.3, 0.4) is 0 Å². The fourth-order valence-electron chi connectivity index (χ4n) is 3.26. The van der Waals surface area contributed by atoms with Gasteiger partial charge in [-0.1, -0.05) is 23.7 Å². The zero-order chi connectivity index (χ0) is 21.1. The summed E-state index contributed by atoms with van der Waals surface area (Å²) in [5, 5.41) is 14.3. The van der Waals surface area contributed by atoms with Gasteiger partial charge in [0.15, 0.2) is 5.76 Å². The van der Waals surface area contributed by atoms with Gasteiger partial charge in [-0.05, 0) is 30.3 Å². The summed E-state index contributed by atoms with van der Waals surface area (Å²) in [5.74, 6) is 0.0104. The molecule has 3 aromatic rings. The molecule has 154 valence electrons. The average molecular weight is 428 g/mol. The molecule has 1 aromatic heterocycles. The molecule has 1 fully saturated rings. The molecule has 2 aromatic carbocycles. The number of carbonyl (C=O) groups excluding carboxylic acids is 1. The topological polar surface area (TPSA) is 97.9 Å². The number of amides is 1. The smallest absolute Gasteiger partial charge is 0.291 e. The molecule has 1 N–H and O–H groups in total. The average Bonchev–Trinajstić information content (AvgIpc) is 3.25. The summed E-state index contributed by atoms with van der Waals surface area (Å²) < 4.78 is 11.0. The van der Waals surface area contributed by atoms with Gasteiger partial charge in [0.1, 0.15) is 5.76 Å². The number of hydrogen-bond acceptors (Lipinski definition) is 6. The van der Waals surface area contributed by atoms with Crippen LogP contribution in [0.25, 0.3) is 11.3 Å². The maximum atomic E-state index is 12.8. The Labute approximate surface area is 177 Å². The number of non-ortho nitro benzene ring substituents is 1. The van der Waals surface area contributed by atoms with Crippen LogP contribution in [0.2, 0.25) is 5.02 Å². The molecule has 4 rings (SSSR count). The third-order valence-corrected chi connectivity index (χ3v) is 4.96. The molecule has 0 bridgehead atoms. The second-order valence-corrected chi connectivity index (χ2v) is 7.12. The van der Waals surface area contributed by atoms with Gasteiger partial charge in [0.05, 0.1) is 29.5 Å². The van der Waals surface area contributed by atoms with Gasteiger partial charge < -0.3 is 19.4 Å². The fraction of sp³-hybridized carbons (Fsp3) is 0.190. The number of furan rings is 1. The molecule has 1 amide bonds. The van der Waals surface area contributed by atoms with Crippen molar-refractivity contribution >= 4 is 34.6 Å². The number of rotatable bonds is 5. The van der Waals surface area contributed by atoms with Crippen molar-refractivity contribution in [2.45, 2.75) is 0 Å². The first-order chi connectivity index (χ1) is 14.5. The zero-order valence-corrected chi connectivity index (χ0v) is 16.6. The van der Waals surface area contributed by atoms with E-state index in [9.17, 15) is 14.9 Å². The van der Waals surface area contributed by atoms with E-state index in [1.165, 1.54) is 18.2 Å². The Hall–Kier alpha value is -3.36. The second kappa shape index (κ2) is 8.56. The van der Waals surface area contributed by atoms with Gasteiger partial charge in [0, 0.05) is 35.8 Å². The highest BCUT2D eigenvalue weighted by Crippen LogP contribution is 2.31. The predicted octanol–water partition coefficient (Wildman–Crippen LogP) is 4.60. The molecule has 0 aliphatic carbocycles. The molecular weight excluding hydrogens is 410 g/mol. The van der Waals surface area contributed by atoms with Gasteiger partial charge >= 0.3 is 0 Å². The summed E-state index contributed by atoms with van der Waals surface area (Å²) >= 11 is 6.14. The third kappa shape index (κ3) is 4.29. The largest absolute Gasteiger partial charge is 0.451 e. The van der Waals surface area contributed by atoms with Crippen molar-refractivity contribution in [2.75, 3.05) is 36.5 Å². The Morgan fingerprint density at radius 1 is 1.10 bits per heavy atom. The number of nitrogens with zero attached hydrogens (tertiary/aromatic N) is 2. The van der Waals surface area contributed by atoms with E-state index in [1.807, 2.05) is 6.07 Å². The fourth-order valence-corrected chi connectivity index (χ4v) is 3.43. The number of nitrogens with one attached hydrogen (secondary N) is 1. The molecule has 0 atom stereocenters. The first-order valence-electron chi connectivity index (χ1n) is 9.29. The number of carbonyl (C=O) groups is 1. The number of anilines is 2. The molecule has 30 heavy (non-hydrogen) atoms. The Morgan fingerprint density at radius 2 is 1.90 bits per heavy atom. The number of benzene rings is 2. The van der Waals surface area contributed by atoms with Gasteiger partial charge in [-0.15, -0.1) is 0 Å². The number of halogens is 1. The zero-order valence-electron chi connectivity index (χ0n) is 15.8. The summed E-state index contributed by atoms with van der Waals surface area (Å²) in [6, 6.07) is 14.5. The molecule has 1 aliphatic rings. The number of ether oxygens (including phenoxy) is 1. The first kappa shape index (κ1) is 19.9. The molecule has 2 heterocycles. The van der Waals surface area contributed by atoms with Gasteiger partial charge in [0.2, 0.25) is 0 Å².